The lowest BCUT2D eigenvalue weighted by atomic mass is 9.72. The summed E-state index contributed by atoms with van der Waals surface area (Å²) in [7, 11) is 0. The number of nitrogens with one attached hydrogen (secondary N) is 1. The molecule has 5 nitrogen and oxygen atoms in total. The van der Waals surface area contributed by atoms with Crippen LogP contribution in [0.25, 0.3) is 0 Å². The number of amides is 1. The third-order valence-electron chi connectivity index (χ3n) is 6.39. The number of benzene rings is 2. The lowest BCUT2D eigenvalue weighted by molar-refractivity contribution is -0.126. The molecule has 1 N–H and O–H groups in total. The molecule has 5 heteroatoms. The number of aryl methyl sites for hydroxylation is 1. The van der Waals surface area contributed by atoms with E-state index in [1.165, 1.54) is 11.1 Å². The molecule has 2 aromatic rings. The number of rotatable bonds is 6. The van der Waals surface area contributed by atoms with E-state index in [1.54, 1.807) is 0 Å². The third kappa shape index (κ3) is 4.31. The van der Waals surface area contributed by atoms with Crippen molar-refractivity contribution < 1.29 is 19.0 Å². The fraction of sp³-hybridized carbons (Fsp3) is 0.480. The molecule has 1 saturated heterocycles. The van der Waals surface area contributed by atoms with Crippen molar-refractivity contribution in [1.82, 2.24) is 5.32 Å². The van der Waals surface area contributed by atoms with Crippen LogP contribution in [0.5, 0.6) is 11.5 Å². The van der Waals surface area contributed by atoms with Gasteiger partial charge in [-0.3, -0.25) is 4.79 Å². The molecule has 0 spiro atoms. The Labute approximate surface area is 178 Å². The number of ether oxygens (including phenoxy) is 3. The maximum Gasteiger partial charge on any atom is 0.226 e. The molecule has 2 aromatic carbocycles. The van der Waals surface area contributed by atoms with Crippen molar-refractivity contribution in [2.75, 3.05) is 33.0 Å². The first-order valence-corrected chi connectivity index (χ1v) is 10.9. The van der Waals surface area contributed by atoms with E-state index in [9.17, 15) is 4.79 Å². The minimum atomic E-state index is -0.192. The molecule has 0 aromatic heterocycles. The second-order valence-electron chi connectivity index (χ2n) is 8.34. The highest BCUT2D eigenvalue weighted by Gasteiger charge is 2.37. The van der Waals surface area contributed by atoms with Gasteiger partial charge in [0, 0.05) is 25.2 Å². The molecule has 0 bridgehead atoms. The quantitative estimate of drug-likeness (QED) is 0.788. The molecular formula is C25H31NO4. The van der Waals surface area contributed by atoms with E-state index in [1.807, 2.05) is 25.1 Å². The molecule has 1 atom stereocenters. The molecule has 1 fully saturated rings. The maximum absolute atomic E-state index is 13.1. The van der Waals surface area contributed by atoms with Gasteiger partial charge in [-0.15, -0.1) is 0 Å². The lowest BCUT2D eigenvalue weighted by Crippen LogP contribution is -2.47. The molecule has 2 aliphatic heterocycles. The van der Waals surface area contributed by atoms with Crippen LogP contribution >= 0.6 is 0 Å². The van der Waals surface area contributed by atoms with Gasteiger partial charge in [0.1, 0.15) is 18.1 Å². The molecule has 30 heavy (non-hydrogen) atoms. The summed E-state index contributed by atoms with van der Waals surface area (Å²) < 4.78 is 17.1. The van der Waals surface area contributed by atoms with Crippen LogP contribution in [-0.2, 0) is 21.4 Å². The monoisotopic (exact) mass is 409 g/mol. The normalized spacial score (nSPS) is 20.0. The molecule has 1 amide bonds. The van der Waals surface area contributed by atoms with Crippen molar-refractivity contribution in [1.29, 1.82) is 0 Å². The average Bonchev–Trinajstić information content (AvgIpc) is 2.78. The smallest absolute Gasteiger partial charge is 0.226 e. The van der Waals surface area contributed by atoms with Gasteiger partial charge < -0.3 is 19.5 Å². The Morgan fingerprint density at radius 1 is 1.20 bits per heavy atom. The van der Waals surface area contributed by atoms with Crippen LogP contribution < -0.4 is 14.8 Å². The van der Waals surface area contributed by atoms with Gasteiger partial charge in [-0.1, -0.05) is 24.3 Å². The van der Waals surface area contributed by atoms with Crippen LogP contribution in [0.15, 0.2) is 42.5 Å². The first-order chi connectivity index (χ1) is 14.6. The summed E-state index contributed by atoms with van der Waals surface area (Å²) in [5, 5.41) is 3.25. The van der Waals surface area contributed by atoms with Crippen LogP contribution in [-0.4, -0.2) is 38.9 Å². The van der Waals surface area contributed by atoms with E-state index in [0.29, 0.717) is 26.2 Å². The van der Waals surface area contributed by atoms with E-state index in [2.05, 4.69) is 36.5 Å². The summed E-state index contributed by atoms with van der Waals surface area (Å²) in [4.78, 5) is 13.1. The highest BCUT2D eigenvalue weighted by Crippen LogP contribution is 2.36. The summed E-state index contributed by atoms with van der Waals surface area (Å²) in [5.74, 6) is 1.54. The fourth-order valence-electron chi connectivity index (χ4n) is 4.67. The van der Waals surface area contributed by atoms with Crippen molar-refractivity contribution in [3.63, 3.8) is 0 Å². The van der Waals surface area contributed by atoms with Gasteiger partial charge in [-0.05, 0) is 68.0 Å². The zero-order valence-electron chi connectivity index (χ0n) is 17.9. The molecule has 160 valence electrons. The number of fused-ring (bicyclic) bond motifs is 1. The zero-order valence-corrected chi connectivity index (χ0v) is 17.9. The van der Waals surface area contributed by atoms with Crippen molar-refractivity contribution in [3.05, 3.63) is 59.2 Å². The van der Waals surface area contributed by atoms with E-state index >= 15 is 0 Å². The van der Waals surface area contributed by atoms with E-state index < -0.39 is 0 Å². The molecule has 1 unspecified atom stereocenters. The molecule has 0 radical (unpaired) electrons. The van der Waals surface area contributed by atoms with Gasteiger partial charge in [0.25, 0.3) is 0 Å². The SMILES string of the molecule is CCOc1ccc2c(c1)CC(C(=O)NCC1(c3ccccc3C)CCOCC1)CO2. The topological polar surface area (TPSA) is 56.8 Å². The summed E-state index contributed by atoms with van der Waals surface area (Å²) in [6, 6.07) is 14.3. The number of hydrogen-bond donors (Lipinski definition) is 1. The minimum absolute atomic E-state index is 0.0573. The molecule has 0 aliphatic carbocycles. The Morgan fingerprint density at radius 2 is 2.00 bits per heavy atom. The molecule has 4 rings (SSSR count). The summed E-state index contributed by atoms with van der Waals surface area (Å²) in [5.41, 5.74) is 3.55. The number of hydrogen-bond acceptors (Lipinski definition) is 4. The predicted molar refractivity (Wildman–Crippen MR) is 116 cm³/mol. The number of carbonyl (C=O) groups is 1. The van der Waals surface area contributed by atoms with Gasteiger partial charge in [0.2, 0.25) is 5.91 Å². The summed E-state index contributed by atoms with van der Waals surface area (Å²) in [6.45, 7) is 7.22. The Balaban J connectivity index is 1.45. The molecular weight excluding hydrogens is 378 g/mol. The van der Waals surface area contributed by atoms with Gasteiger partial charge in [0.15, 0.2) is 0 Å². The molecule has 2 heterocycles. The second kappa shape index (κ2) is 9.09. The van der Waals surface area contributed by atoms with Gasteiger partial charge in [0.05, 0.1) is 12.5 Å². The largest absolute Gasteiger partial charge is 0.494 e. The van der Waals surface area contributed by atoms with Crippen LogP contribution in [0, 0.1) is 12.8 Å². The number of carbonyl (C=O) groups excluding carboxylic acids is 1. The fourth-order valence-corrected chi connectivity index (χ4v) is 4.67. The Hall–Kier alpha value is -2.53. The molecule has 2 aliphatic rings. The standard InChI is InChI=1S/C25H31NO4/c1-3-29-21-8-9-23-19(15-21)14-20(16-30-23)24(27)26-17-25(10-12-28-13-11-25)22-7-5-4-6-18(22)2/h4-9,15,20H,3,10-14,16-17H2,1-2H3,(H,26,27). The Morgan fingerprint density at radius 3 is 2.77 bits per heavy atom. The first-order valence-electron chi connectivity index (χ1n) is 10.9. The maximum atomic E-state index is 13.1. The lowest BCUT2D eigenvalue weighted by Gasteiger charge is -2.39. The van der Waals surface area contributed by atoms with Crippen LogP contribution in [0.3, 0.4) is 0 Å². The highest BCUT2D eigenvalue weighted by atomic mass is 16.5. The predicted octanol–water partition coefficient (Wildman–Crippen LogP) is 3.81. The summed E-state index contributed by atoms with van der Waals surface area (Å²) in [6.07, 6.45) is 2.50. The Kier molecular flexibility index (Phi) is 6.28. The van der Waals surface area contributed by atoms with Crippen molar-refractivity contribution in [2.45, 2.75) is 38.5 Å². The van der Waals surface area contributed by atoms with Crippen LogP contribution in [0.1, 0.15) is 36.5 Å². The van der Waals surface area contributed by atoms with E-state index in [0.717, 1.165) is 43.1 Å². The first kappa shape index (κ1) is 20.7. The van der Waals surface area contributed by atoms with Gasteiger partial charge in [-0.25, -0.2) is 0 Å². The highest BCUT2D eigenvalue weighted by molar-refractivity contribution is 5.79. The molecule has 0 saturated carbocycles. The van der Waals surface area contributed by atoms with Gasteiger partial charge >= 0.3 is 0 Å². The average molecular weight is 410 g/mol. The van der Waals surface area contributed by atoms with E-state index in [-0.39, 0.29) is 17.2 Å². The van der Waals surface area contributed by atoms with Crippen LogP contribution in [0.2, 0.25) is 0 Å². The van der Waals surface area contributed by atoms with Crippen molar-refractivity contribution in [2.24, 2.45) is 5.92 Å². The Bertz CT molecular complexity index is 888. The second-order valence-corrected chi connectivity index (χ2v) is 8.34. The van der Waals surface area contributed by atoms with Crippen LogP contribution in [0.4, 0.5) is 0 Å². The van der Waals surface area contributed by atoms with Gasteiger partial charge in [-0.2, -0.15) is 0 Å². The van der Waals surface area contributed by atoms with Crippen molar-refractivity contribution >= 4 is 5.91 Å². The minimum Gasteiger partial charge on any atom is -0.494 e. The zero-order chi connectivity index (χ0) is 21.0. The third-order valence-corrected chi connectivity index (χ3v) is 6.39. The van der Waals surface area contributed by atoms with Crippen molar-refractivity contribution in [3.8, 4) is 11.5 Å². The van der Waals surface area contributed by atoms with E-state index in [4.69, 9.17) is 14.2 Å². The summed E-state index contributed by atoms with van der Waals surface area (Å²) >= 11 is 0.